The van der Waals surface area contributed by atoms with Crippen LogP contribution in [0.4, 0.5) is 11.4 Å². The van der Waals surface area contributed by atoms with Crippen LogP contribution in [0, 0.1) is 5.41 Å². The number of Topliss-reactive ketones (excluding diaryl/α,β-unsaturated/α-hetero) is 1. The van der Waals surface area contributed by atoms with E-state index in [-0.39, 0.29) is 17.1 Å². The van der Waals surface area contributed by atoms with E-state index < -0.39 is 6.04 Å². The Morgan fingerprint density at radius 3 is 2.52 bits per heavy atom. The van der Waals surface area contributed by atoms with Crippen LogP contribution in [0.5, 0.6) is 5.75 Å². The Kier molecular flexibility index (Phi) is 5.33. The molecule has 1 atom stereocenters. The smallest absolute Gasteiger partial charge is 0.269 e. The molecule has 1 aliphatic carbocycles. The van der Waals surface area contributed by atoms with Crippen molar-refractivity contribution in [2.75, 3.05) is 17.3 Å². The lowest BCUT2D eigenvalue weighted by Gasteiger charge is -2.37. The number of carbonyl (C=O) groups excluding carboxylic acids is 2. The minimum atomic E-state index is -0.541. The van der Waals surface area contributed by atoms with E-state index in [2.05, 4.69) is 19.2 Å². The van der Waals surface area contributed by atoms with Crippen molar-refractivity contribution in [1.82, 2.24) is 0 Å². The number of rotatable bonds is 3. The number of nitrogens with zero attached hydrogens (tertiary/aromatic N) is 1. The Labute approximate surface area is 197 Å². The Morgan fingerprint density at radius 1 is 1.06 bits per heavy atom. The molecule has 1 aliphatic heterocycles. The minimum Gasteiger partial charge on any atom is -0.497 e. The van der Waals surface area contributed by atoms with Gasteiger partial charge in [0.05, 0.1) is 29.4 Å². The lowest BCUT2D eigenvalue weighted by atomic mass is 9.73. The monoisotopic (exact) mass is 458 g/mol. The number of benzene rings is 2. The van der Waals surface area contributed by atoms with Gasteiger partial charge in [0, 0.05) is 17.7 Å². The van der Waals surface area contributed by atoms with Crippen LogP contribution in [0.15, 0.2) is 77.3 Å². The van der Waals surface area contributed by atoms with Crippen LogP contribution in [0.2, 0.25) is 0 Å². The highest BCUT2D eigenvalue weighted by atomic mass is 32.1. The molecule has 2 aromatic carbocycles. The van der Waals surface area contributed by atoms with Gasteiger partial charge in [0.25, 0.3) is 5.91 Å². The number of ketones is 1. The van der Waals surface area contributed by atoms with Crippen LogP contribution in [-0.2, 0) is 4.79 Å². The average Bonchev–Trinajstić information content (AvgIpc) is 3.28. The van der Waals surface area contributed by atoms with Gasteiger partial charge in [-0.25, -0.2) is 0 Å². The molecule has 0 unspecified atom stereocenters. The average molecular weight is 459 g/mol. The molecule has 0 saturated carbocycles. The number of methoxy groups -OCH3 is 1. The van der Waals surface area contributed by atoms with Crippen molar-refractivity contribution in [2.45, 2.75) is 32.7 Å². The summed E-state index contributed by atoms with van der Waals surface area (Å²) in [6, 6.07) is 18.6. The number of carbonyl (C=O) groups is 2. The number of ether oxygens (including phenoxy) is 1. The van der Waals surface area contributed by atoms with Gasteiger partial charge in [-0.05, 0) is 53.1 Å². The SMILES string of the molecule is COc1ccc([C@@H]2C3=C(CC(C)(C)CC3=O)Nc3ccccc3N2C(=O)c2cccs2)cc1. The lowest BCUT2D eigenvalue weighted by Crippen LogP contribution is -2.39. The summed E-state index contributed by atoms with van der Waals surface area (Å²) in [7, 11) is 1.63. The van der Waals surface area contributed by atoms with Crippen molar-refractivity contribution in [1.29, 1.82) is 0 Å². The van der Waals surface area contributed by atoms with E-state index in [1.165, 1.54) is 11.3 Å². The number of allylic oxidation sites excluding steroid dienone is 1. The third-order valence-electron chi connectivity index (χ3n) is 6.28. The molecule has 0 fully saturated rings. The second kappa shape index (κ2) is 8.19. The molecule has 5 nitrogen and oxygen atoms in total. The van der Waals surface area contributed by atoms with Crippen molar-refractivity contribution in [3.05, 3.63) is 87.8 Å². The maximum absolute atomic E-state index is 13.9. The fraction of sp³-hybridized carbons (Fsp3) is 0.259. The highest BCUT2D eigenvalue weighted by Gasteiger charge is 2.43. The maximum atomic E-state index is 13.9. The molecular weight excluding hydrogens is 432 g/mol. The van der Waals surface area contributed by atoms with E-state index in [1.54, 1.807) is 12.0 Å². The quantitative estimate of drug-likeness (QED) is 0.507. The van der Waals surface area contributed by atoms with Crippen LogP contribution >= 0.6 is 11.3 Å². The van der Waals surface area contributed by atoms with Gasteiger partial charge >= 0.3 is 0 Å². The summed E-state index contributed by atoms with van der Waals surface area (Å²) in [5.41, 5.74) is 3.87. The minimum absolute atomic E-state index is 0.0753. The zero-order valence-electron chi connectivity index (χ0n) is 18.9. The van der Waals surface area contributed by atoms with E-state index in [9.17, 15) is 9.59 Å². The number of hydrogen-bond acceptors (Lipinski definition) is 5. The fourth-order valence-corrected chi connectivity index (χ4v) is 5.49. The Balaban J connectivity index is 1.78. The van der Waals surface area contributed by atoms with E-state index in [4.69, 9.17) is 4.74 Å². The molecule has 0 spiro atoms. The second-order valence-electron chi connectivity index (χ2n) is 9.30. The van der Waals surface area contributed by atoms with Gasteiger partial charge in [-0.1, -0.05) is 44.2 Å². The highest BCUT2D eigenvalue weighted by molar-refractivity contribution is 7.12. The summed E-state index contributed by atoms with van der Waals surface area (Å²) in [5, 5.41) is 5.44. The van der Waals surface area contributed by atoms with E-state index >= 15 is 0 Å². The second-order valence-corrected chi connectivity index (χ2v) is 10.3. The van der Waals surface area contributed by atoms with E-state index in [0.29, 0.717) is 16.9 Å². The molecule has 5 rings (SSSR count). The molecule has 2 heterocycles. The lowest BCUT2D eigenvalue weighted by molar-refractivity contribution is -0.118. The molecule has 0 radical (unpaired) electrons. The molecule has 0 saturated heterocycles. The number of para-hydroxylation sites is 2. The van der Waals surface area contributed by atoms with Gasteiger partial charge in [0.15, 0.2) is 5.78 Å². The van der Waals surface area contributed by atoms with Crippen molar-refractivity contribution in [2.24, 2.45) is 5.41 Å². The summed E-state index contributed by atoms with van der Waals surface area (Å²) in [4.78, 5) is 30.0. The highest BCUT2D eigenvalue weighted by Crippen LogP contribution is 2.48. The van der Waals surface area contributed by atoms with Crippen LogP contribution in [0.25, 0.3) is 0 Å². The predicted octanol–water partition coefficient (Wildman–Crippen LogP) is 6.21. The van der Waals surface area contributed by atoms with Crippen LogP contribution < -0.4 is 15.0 Å². The van der Waals surface area contributed by atoms with E-state index in [0.717, 1.165) is 34.8 Å². The first kappa shape index (κ1) is 21.5. The van der Waals surface area contributed by atoms with Crippen molar-refractivity contribution in [3.8, 4) is 5.75 Å². The largest absolute Gasteiger partial charge is 0.497 e. The van der Waals surface area contributed by atoms with Gasteiger partial charge in [0.2, 0.25) is 0 Å². The predicted molar refractivity (Wildman–Crippen MR) is 132 cm³/mol. The Bertz CT molecular complexity index is 1240. The maximum Gasteiger partial charge on any atom is 0.269 e. The van der Waals surface area contributed by atoms with E-state index in [1.807, 2.05) is 66.0 Å². The summed E-state index contributed by atoms with van der Waals surface area (Å²) in [6.07, 6.45) is 1.17. The topological polar surface area (TPSA) is 58.6 Å². The Hall–Kier alpha value is -3.38. The first-order valence-electron chi connectivity index (χ1n) is 11.0. The van der Waals surface area contributed by atoms with Gasteiger partial charge < -0.3 is 10.1 Å². The van der Waals surface area contributed by atoms with Crippen LogP contribution in [-0.4, -0.2) is 18.8 Å². The third-order valence-corrected chi connectivity index (χ3v) is 7.14. The van der Waals surface area contributed by atoms with Gasteiger partial charge in [0.1, 0.15) is 5.75 Å². The van der Waals surface area contributed by atoms with Crippen LogP contribution in [0.3, 0.4) is 0 Å². The number of amides is 1. The summed E-state index contributed by atoms with van der Waals surface area (Å²) >= 11 is 1.41. The molecule has 3 aromatic rings. The fourth-order valence-electron chi connectivity index (χ4n) is 4.83. The molecular formula is C27H26N2O3S. The molecule has 0 bridgehead atoms. The molecule has 2 aliphatic rings. The number of thiophene rings is 1. The summed E-state index contributed by atoms with van der Waals surface area (Å²) in [6.45, 7) is 4.23. The van der Waals surface area contributed by atoms with Crippen molar-refractivity contribution >= 4 is 34.4 Å². The van der Waals surface area contributed by atoms with Crippen molar-refractivity contribution < 1.29 is 14.3 Å². The molecule has 168 valence electrons. The van der Waals surface area contributed by atoms with Gasteiger partial charge in [-0.15, -0.1) is 11.3 Å². The number of fused-ring (bicyclic) bond motifs is 1. The summed E-state index contributed by atoms with van der Waals surface area (Å²) in [5.74, 6) is 0.685. The number of hydrogen-bond donors (Lipinski definition) is 1. The van der Waals surface area contributed by atoms with Gasteiger partial charge in [-0.3, -0.25) is 14.5 Å². The first-order chi connectivity index (χ1) is 15.9. The van der Waals surface area contributed by atoms with Gasteiger partial charge in [-0.2, -0.15) is 0 Å². The summed E-state index contributed by atoms with van der Waals surface area (Å²) < 4.78 is 5.36. The molecule has 1 N–H and O–H groups in total. The van der Waals surface area contributed by atoms with Crippen LogP contribution in [0.1, 0.15) is 48.0 Å². The molecule has 33 heavy (non-hydrogen) atoms. The molecule has 1 aromatic heterocycles. The third kappa shape index (κ3) is 3.85. The van der Waals surface area contributed by atoms with Crippen molar-refractivity contribution in [3.63, 3.8) is 0 Å². The molecule has 1 amide bonds. The number of nitrogens with one attached hydrogen (secondary N) is 1. The Morgan fingerprint density at radius 2 is 1.82 bits per heavy atom. The normalized spacial score (nSPS) is 19.3. The number of anilines is 2. The zero-order valence-corrected chi connectivity index (χ0v) is 19.7. The first-order valence-corrected chi connectivity index (χ1v) is 11.9. The standard InChI is InChI=1S/C27H26N2O3S/c1-27(2)15-20-24(22(30)16-27)25(17-10-12-18(32-3)13-11-17)29(26(31)23-9-6-14-33-23)21-8-5-4-7-19(21)28-20/h4-14,25,28H,15-16H2,1-3H3/t25-/m1/s1. The molecule has 6 heteroatoms. The zero-order chi connectivity index (χ0) is 23.2.